The molecule has 0 saturated carbocycles. The van der Waals surface area contributed by atoms with E-state index in [1.54, 1.807) is 0 Å². The highest BCUT2D eigenvalue weighted by atomic mass is 16.3. The third kappa shape index (κ3) is 4.92. The second kappa shape index (κ2) is 9.22. The van der Waals surface area contributed by atoms with Crippen molar-refractivity contribution in [3.63, 3.8) is 0 Å². The summed E-state index contributed by atoms with van der Waals surface area (Å²) in [6.45, 7) is 1.75. The van der Waals surface area contributed by atoms with Crippen LogP contribution in [-0.4, -0.2) is 18.5 Å². The maximum absolute atomic E-state index is 5.62. The van der Waals surface area contributed by atoms with Gasteiger partial charge in [-0.05, 0) is 29.8 Å². The van der Waals surface area contributed by atoms with E-state index < -0.39 is 0 Å². The molecule has 0 atom stereocenters. The van der Waals surface area contributed by atoms with Crippen molar-refractivity contribution in [2.45, 2.75) is 6.54 Å². The van der Waals surface area contributed by atoms with Gasteiger partial charge >= 0.3 is 0 Å². The smallest absolute Gasteiger partial charge is 0.134 e. The lowest BCUT2D eigenvalue weighted by Crippen LogP contribution is -2.17. The Hall–Kier alpha value is -3.36. The van der Waals surface area contributed by atoms with Gasteiger partial charge in [-0.3, -0.25) is 4.90 Å². The molecule has 1 heterocycles. The van der Waals surface area contributed by atoms with Gasteiger partial charge in [0.1, 0.15) is 5.58 Å². The predicted octanol–water partition coefficient (Wildman–Crippen LogP) is 6.80. The molecule has 3 aromatic carbocycles. The number of fused-ring (bicyclic) bond motifs is 1. The minimum atomic E-state index is 0.867. The SMILES string of the molecule is CN(C/C=C/C=C/c1ccc(-c2ccccc2)cc1)Cc1coc2ccccc12. The molecule has 4 aromatic rings. The van der Waals surface area contributed by atoms with Gasteiger partial charge in [-0.15, -0.1) is 0 Å². The van der Waals surface area contributed by atoms with Crippen molar-refractivity contribution in [3.8, 4) is 11.1 Å². The molecule has 1 aromatic heterocycles. The van der Waals surface area contributed by atoms with E-state index in [1.165, 1.54) is 27.6 Å². The number of hydrogen-bond acceptors (Lipinski definition) is 2. The first kappa shape index (κ1) is 19.0. The molecule has 0 aliphatic heterocycles. The number of likely N-dealkylation sites (N-methyl/N-ethyl adjacent to an activating group) is 1. The van der Waals surface area contributed by atoms with Crippen LogP contribution in [0.4, 0.5) is 0 Å². The van der Waals surface area contributed by atoms with Crippen molar-refractivity contribution in [2.75, 3.05) is 13.6 Å². The topological polar surface area (TPSA) is 16.4 Å². The summed E-state index contributed by atoms with van der Waals surface area (Å²) in [5.74, 6) is 0. The van der Waals surface area contributed by atoms with Crippen LogP contribution in [-0.2, 0) is 6.54 Å². The molecule has 0 amide bonds. The van der Waals surface area contributed by atoms with Gasteiger partial charge in [0.15, 0.2) is 0 Å². The van der Waals surface area contributed by atoms with Crippen molar-refractivity contribution in [1.29, 1.82) is 0 Å². The van der Waals surface area contributed by atoms with Crippen LogP contribution < -0.4 is 0 Å². The van der Waals surface area contributed by atoms with Crippen LogP contribution in [0.3, 0.4) is 0 Å². The van der Waals surface area contributed by atoms with Crippen molar-refractivity contribution >= 4 is 17.0 Å². The third-order valence-electron chi connectivity index (χ3n) is 4.97. The monoisotopic (exact) mass is 379 g/mol. The standard InChI is InChI=1S/C27H25NO/c1-28(20-25-21-29-27-14-8-7-13-26(25)27)19-9-3-4-10-22-15-17-24(18-16-22)23-11-5-2-6-12-23/h2-18,21H,19-20H2,1H3/b9-3+,10-4+. The van der Waals surface area contributed by atoms with Gasteiger partial charge in [0.05, 0.1) is 6.26 Å². The Labute approximate surface area is 172 Å². The van der Waals surface area contributed by atoms with E-state index in [0.717, 1.165) is 18.7 Å². The van der Waals surface area contributed by atoms with Gasteiger partial charge < -0.3 is 4.42 Å². The summed E-state index contributed by atoms with van der Waals surface area (Å²) in [5, 5.41) is 1.20. The molecule has 0 saturated heterocycles. The number of allylic oxidation sites excluding steroid dienone is 2. The van der Waals surface area contributed by atoms with Gasteiger partial charge in [-0.25, -0.2) is 0 Å². The Balaban J connectivity index is 1.29. The molecule has 0 radical (unpaired) electrons. The number of para-hydroxylation sites is 1. The van der Waals surface area contributed by atoms with Crippen LogP contribution in [0.1, 0.15) is 11.1 Å². The van der Waals surface area contributed by atoms with Gasteiger partial charge in [0.2, 0.25) is 0 Å². The number of furan rings is 1. The zero-order chi connectivity index (χ0) is 19.9. The zero-order valence-corrected chi connectivity index (χ0v) is 16.7. The van der Waals surface area contributed by atoms with Gasteiger partial charge in [0.25, 0.3) is 0 Å². The summed E-state index contributed by atoms with van der Waals surface area (Å²) in [4.78, 5) is 2.27. The largest absolute Gasteiger partial charge is 0.464 e. The average molecular weight is 380 g/mol. The molecule has 0 fully saturated rings. The second-order valence-corrected chi connectivity index (χ2v) is 7.23. The summed E-state index contributed by atoms with van der Waals surface area (Å²) in [7, 11) is 2.12. The van der Waals surface area contributed by atoms with E-state index in [-0.39, 0.29) is 0 Å². The Morgan fingerprint density at radius 2 is 1.52 bits per heavy atom. The van der Waals surface area contributed by atoms with Gasteiger partial charge in [0, 0.05) is 24.0 Å². The fourth-order valence-corrected chi connectivity index (χ4v) is 3.41. The number of rotatable bonds is 7. The zero-order valence-electron chi connectivity index (χ0n) is 16.7. The molecular formula is C27H25NO. The van der Waals surface area contributed by atoms with E-state index in [1.807, 2.05) is 24.5 Å². The fraction of sp³-hybridized carbons (Fsp3) is 0.111. The van der Waals surface area contributed by atoms with Crippen LogP contribution in [0, 0.1) is 0 Å². The predicted molar refractivity (Wildman–Crippen MR) is 123 cm³/mol. The second-order valence-electron chi connectivity index (χ2n) is 7.23. The fourth-order valence-electron chi connectivity index (χ4n) is 3.41. The molecule has 29 heavy (non-hydrogen) atoms. The average Bonchev–Trinajstić information content (AvgIpc) is 3.17. The first-order chi connectivity index (χ1) is 14.3. The van der Waals surface area contributed by atoms with Crippen molar-refractivity contribution in [2.24, 2.45) is 0 Å². The van der Waals surface area contributed by atoms with Gasteiger partial charge in [-0.1, -0.05) is 97.1 Å². The van der Waals surface area contributed by atoms with E-state index in [9.17, 15) is 0 Å². The minimum absolute atomic E-state index is 0.867. The van der Waals surface area contributed by atoms with Crippen molar-refractivity contribution in [1.82, 2.24) is 4.90 Å². The lowest BCUT2D eigenvalue weighted by Gasteiger charge is -2.12. The van der Waals surface area contributed by atoms with Crippen molar-refractivity contribution in [3.05, 3.63) is 114 Å². The summed E-state index contributed by atoms with van der Waals surface area (Å²) in [6, 6.07) is 27.3. The van der Waals surface area contributed by atoms with E-state index in [2.05, 4.69) is 96.9 Å². The molecular weight excluding hydrogens is 354 g/mol. The Kier molecular flexibility index (Phi) is 6.04. The highest BCUT2D eigenvalue weighted by Gasteiger charge is 2.06. The summed E-state index contributed by atoms with van der Waals surface area (Å²) in [6.07, 6.45) is 10.4. The van der Waals surface area contributed by atoms with Crippen LogP contribution in [0.25, 0.3) is 28.2 Å². The lowest BCUT2D eigenvalue weighted by atomic mass is 10.0. The van der Waals surface area contributed by atoms with Crippen LogP contribution in [0.2, 0.25) is 0 Å². The molecule has 0 aliphatic carbocycles. The molecule has 0 aliphatic rings. The quantitative estimate of drug-likeness (QED) is 0.328. The number of nitrogens with zero attached hydrogens (tertiary/aromatic N) is 1. The van der Waals surface area contributed by atoms with E-state index in [0.29, 0.717) is 0 Å². The highest BCUT2D eigenvalue weighted by molar-refractivity contribution is 5.80. The molecule has 0 unspecified atom stereocenters. The number of benzene rings is 3. The normalized spacial score (nSPS) is 11.9. The summed E-state index contributed by atoms with van der Waals surface area (Å²) in [5.41, 5.74) is 5.87. The van der Waals surface area contributed by atoms with Crippen LogP contribution in [0.5, 0.6) is 0 Å². The Morgan fingerprint density at radius 3 is 2.34 bits per heavy atom. The molecule has 2 heteroatoms. The Bertz CT molecular complexity index is 1100. The molecule has 4 rings (SSSR count). The molecule has 0 N–H and O–H groups in total. The lowest BCUT2D eigenvalue weighted by molar-refractivity contribution is 0.362. The van der Waals surface area contributed by atoms with Crippen molar-refractivity contribution < 1.29 is 4.42 Å². The third-order valence-corrected chi connectivity index (χ3v) is 4.97. The van der Waals surface area contributed by atoms with Crippen LogP contribution >= 0.6 is 0 Å². The molecule has 2 nitrogen and oxygen atoms in total. The highest BCUT2D eigenvalue weighted by Crippen LogP contribution is 2.22. The first-order valence-electron chi connectivity index (χ1n) is 9.92. The minimum Gasteiger partial charge on any atom is -0.464 e. The molecule has 144 valence electrons. The summed E-state index contributed by atoms with van der Waals surface area (Å²) >= 11 is 0. The molecule has 0 spiro atoms. The van der Waals surface area contributed by atoms with E-state index in [4.69, 9.17) is 4.42 Å². The van der Waals surface area contributed by atoms with Crippen LogP contribution in [0.15, 0.2) is 108 Å². The van der Waals surface area contributed by atoms with E-state index >= 15 is 0 Å². The maximum atomic E-state index is 5.62. The number of hydrogen-bond donors (Lipinski definition) is 0. The first-order valence-corrected chi connectivity index (χ1v) is 9.92. The van der Waals surface area contributed by atoms with Gasteiger partial charge in [-0.2, -0.15) is 0 Å². The Morgan fingerprint density at radius 1 is 0.793 bits per heavy atom. The maximum Gasteiger partial charge on any atom is 0.134 e. The summed E-state index contributed by atoms with van der Waals surface area (Å²) < 4.78 is 5.62. The molecule has 0 bridgehead atoms.